The van der Waals surface area contributed by atoms with E-state index in [1.165, 1.54) is 0 Å². The van der Waals surface area contributed by atoms with Gasteiger partial charge in [0.25, 0.3) is 0 Å². The summed E-state index contributed by atoms with van der Waals surface area (Å²) in [4.78, 5) is 11.6. The molecule has 1 aliphatic heterocycles. The van der Waals surface area contributed by atoms with Crippen molar-refractivity contribution < 1.29 is 4.74 Å². The van der Waals surface area contributed by atoms with Gasteiger partial charge >= 0.3 is 0 Å². The van der Waals surface area contributed by atoms with E-state index in [9.17, 15) is 0 Å². The highest BCUT2D eigenvalue weighted by molar-refractivity contribution is 5.49. The molecule has 2 heterocycles. The van der Waals surface area contributed by atoms with Gasteiger partial charge in [-0.15, -0.1) is 0 Å². The van der Waals surface area contributed by atoms with Crippen LogP contribution in [0.5, 0.6) is 0 Å². The first-order valence-electron chi connectivity index (χ1n) is 7.71. The molecule has 0 bridgehead atoms. The lowest BCUT2D eigenvalue weighted by atomic mass is 10.3. The number of aryl methyl sites for hydroxylation is 1. The first-order chi connectivity index (χ1) is 9.72. The molecular formula is C15H26N4O. The Morgan fingerprint density at radius 1 is 1.40 bits per heavy atom. The van der Waals surface area contributed by atoms with Gasteiger partial charge in [-0.2, -0.15) is 0 Å². The van der Waals surface area contributed by atoms with Crippen molar-refractivity contribution >= 4 is 11.6 Å². The Balaban J connectivity index is 2.23. The van der Waals surface area contributed by atoms with Gasteiger partial charge in [-0.3, -0.25) is 0 Å². The molecule has 20 heavy (non-hydrogen) atoms. The topological polar surface area (TPSA) is 50.3 Å². The number of aromatic nitrogens is 2. The number of ether oxygens (including phenoxy) is 1. The van der Waals surface area contributed by atoms with Gasteiger partial charge in [0.05, 0.1) is 6.10 Å². The number of hydrogen-bond donors (Lipinski definition) is 1. The molecule has 1 saturated heterocycles. The second kappa shape index (κ2) is 7.43. The molecule has 112 valence electrons. The lowest BCUT2D eigenvalue weighted by Gasteiger charge is -2.24. The lowest BCUT2D eigenvalue weighted by Crippen LogP contribution is -2.31. The normalized spacial score (nSPS) is 19.8. The van der Waals surface area contributed by atoms with Crippen LogP contribution in [0.1, 0.15) is 39.4 Å². The maximum atomic E-state index is 5.71. The predicted octanol–water partition coefficient (Wildman–Crippen LogP) is 2.48. The minimum Gasteiger partial charge on any atom is -0.377 e. The molecule has 0 saturated carbocycles. The molecule has 1 aromatic rings. The Morgan fingerprint density at radius 3 is 3.00 bits per heavy atom. The maximum Gasteiger partial charge on any atom is 0.134 e. The number of hydrogen-bond acceptors (Lipinski definition) is 5. The first-order valence-corrected chi connectivity index (χ1v) is 7.71. The van der Waals surface area contributed by atoms with Crippen molar-refractivity contribution in [1.82, 2.24) is 9.97 Å². The quantitative estimate of drug-likeness (QED) is 0.896. The van der Waals surface area contributed by atoms with Crippen molar-refractivity contribution in [2.24, 2.45) is 0 Å². The number of nitrogens with one attached hydrogen (secondary N) is 1. The second-order valence-corrected chi connectivity index (χ2v) is 5.29. The first kappa shape index (κ1) is 15.0. The maximum absolute atomic E-state index is 5.71. The van der Waals surface area contributed by atoms with E-state index < -0.39 is 0 Å². The Kier molecular flexibility index (Phi) is 5.59. The zero-order valence-electron chi connectivity index (χ0n) is 12.9. The number of nitrogens with zero attached hydrogens (tertiary/aromatic N) is 3. The molecule has 1 atom stereocenters. The third-order valence-corrected chi connectivity index (χ3v) is 3.37. The van der Waals surface area contributed by atoms with Gasteiger partial charge in [0.15, 0.2) is 0 Å². The number of rotatable bonds is 5. The summed E-state index contributed by atoms with van der Waals surface area (Å²) in [6.07, 6.45) is 3.29. The molecule has 0 aliphatic carbocycles. The van der Waals surface area contributed by atoms with Crippen molar-refractivity contribution in [2.75, 3.05) is 36.5 Å². The van der Waals surface area contributed by atoms with E-state index in [4.69, 9.17) is 9.72 Å². The zero-order valence-corrected chi connectivity index (χ0v) is 12.9. The third kappa shape index (κ3) is 4.07. The van der Waals surface area contributed by atoms with Gasteiger partial charge in [-0.1, -0.05) is 6.92 Å². The van der Waals surface area contributed by atoms with Crippen LogP contribution in [0.4, 0.5) is 11.6 Å². The SMILES string of the molecule is CCCc1nc(NCC)cc(N2CCCOC(C)C2)n1. The Labute approximate surface area is 121 Å². The fourth-order valence-electron chi connectivity index (χ4n) is 2.45. The summed E-state index contributed by atoms with van der Waals surface area (Å²) in [5, 5.41) is 3.30. The van der Waals surface area contributed by atoms with Crippen LogP contribution < -0.4 is 10.2 Å². The van der Waals surface area contributed by atoms with E-state index in [0.717, 1.165) is 63.0 Å². The molecule has 0 amide bonds. The van der Waals surface area contributed by atoms with Crippen molar-refractivity contribution in [3.63, 3.8) is 0 Å². The Hall–Kier alpha value is -1.36. The molecule has 5 nitrogen and oxygen atoms in total. The molecule has 1 N–H and O–H groups in total. The van der Waals surface area contributed by atoms with Crippen molar-refractivity contribution in [1.29, 1.82) is 0 Å². The van der Waals surface area contributed by atoms with E-state index in [1.807, 2.05) is 0 Å². The summed E-state index contributed by atoms with van der Waals surface area (Å²) in [6, 6.07) is 2.06. The molecular weight excluding hydrogens is 252 g/mol. The summed E-state index contributed by atoms with van der Waals surface area (Å²) in [7, 11) is 0. The van der Waals surface area contributed by atoms with Crippen LogP contribution in [0.25, 0.3) is 0 Å². The standard InChI is InChI=1S/C15H26N4O/c1-4-7-13-17-14(16-5-2)10-15(18-13)19-8-6-9-20-12(3)11-19/h10,12H,4-9,11H2,1-3H3,(H,16,17,18). The van der Waals surface area contributed by atoms with Crippen LogP contribution in [0.15, 0.2) is 6.07 Å². The Morgan fingerprint density at radius 2 is 2.25 bits per heavy atom. The molecule has 1 aromatic heterocycles. The van der Waals surface area contributed by atoms with Crippen LogP contribution in [0, 0.1) is 0 Å². The van der Waals surface area contributed by atoms with E-state index in [1.54, 1.807) is 0 Å². The van der Waals surface area contributed by atoms with Gasteiger partial charge in [-0.25, -0.2) is 9.97 Å². The third-order valence-electron chi connectivity index (χ3n) is 3.37. The molecule has 0 aromatic carbocycles. The highest BCUT2D eigenvalue weighted by Crippen LogP contribution is 2.19. The molecule has 1 aliphatic rings. The van der Waals surface area contributed by atoms with Gasteiger partial charge in [0, 0.05) is 38.7 Å². The summed E-state index contributed by atoms with van der Waals surface area (Å²) in [5.41, 5.74) is 0. The van der Waals surface area contributed by atoms with E-state index in [0.29, 0.717) is 0 Å². The lowest BCUT2D eigenvalue weighted by molar-refractivity contribution is 0.0820. The highest BCUT2D eigenvalue weighted by atomic mass is 16.5. The average Bonchev–Trinajstić information content (AvgIpc) is 2.64. The fourth-order valence-corrected chi connectivity index (χ4v) is 2.45. The monoisotopic (exact) mass is 278 g/mol. The van der Waals surface area contributed by atoms with Crippen molar-refractivity contribution in [2.45, 2.75) is 46.1 Å². The molecule has 1 unspecified atom stereocenters. The predicted molar refractivity (Wildman–Crippen MR) is 82.4 cm³/mol. The molecule has 5 heteroatoms. The van der Waals surface area contributed by atoms with Crippen molar-refractivity contribution in [3.05, 3.63) is 11.9 Å². The van der Waals surface area contributed by atoms with Gasteiger partial charge in [0.1, 0.15) is 17.5 Å². The summed E-state index contributed by atoms with van der Waals surface area (Å²) in [5.74, 6) is 2.88. The minimum absolute atomic E-state index is 0.254. The summed E-state index contributed by atoms with van der Waals surface area (Å²) < 4.78 is 5.71. The smallest absolute Gasteiger partial charge is 0.134 e. The number of anilines is 2. The average molecular weight is 278 g/mol. The molecule has 0 spiro atoms. The zero-order chi connectivity index (χ0) is 14.4. The summed E-state index contributed by atoms with van der Waals surface area (Å²) in [6.45, 7) is 9.98. The van der Waals surface area contributed by atoms with Gasteiger partial charge in [0.2, 0.25) is 0 Å². The fraction of sp³-hybridized carbons (Fsp3) is 0.733. The van der Waals surface area contributed by atoms with Crippen LogP contribution >= 0.6 is 0 Å². The molecule has 1 fully saturated rings. The van der Waals surface area contributed by atoms with Crippen LogP contribution in [0.3, 0.4) is 0 Å². The van der Waals surface area contributed by atoms with E-state index in [2.05, 4.69) is 42.0 Å². The van der Waals surface area contributed by atoms with Crippen LogP contribution in [0.2, 0.25) is 0 Å². The molecule has 2 rings (SSSR count). The summed E-state index contributed by atoms with van der Waals surface area (Å²) >= 11 is 0. The minimum atomic E-state index is 0.254. The van der Waals surface area contributed by atoms with E-state index >= 15 is 0 Å². The van der Waals surface area contributed by atoms with Crippen LogP contribution in [-0.4, -0.2) is 42.3 Å². The highest BCUT2D eigenvalue weighted by Gasteiger charge is 2.17. The second-order valence-electron chi connectivity index (χ2n) is 5.29. The Bertz CT molecular complexity index is 400. The van der Waals surface area contributed by atoms with Gasteiger partial charge < -0.3 is 15.0 Å². The van der Waals surface area contributed by atoms with Crippen molar-refractivity contribution in [3.8, 4) is 0 Å². The van der Waals surface area contributed by atoms with E-state index in [-0.39, 0.29) is 6.10 Å². The largest absolute Gasteiger partial charge is 0.377 e. The molecule has 0 radical (unpaired) electrons. The van der Waals surface area contributed by atoms with Crippen LogP contribution in [-0.2, 0) is 11.2 Å². The van der Waals surface area contributed by atoms with Gasteiger partial charge in [-0.05, 0) is 26.7 Å².